The van der Waals surface area contributed by atoms with E-state index >= 15 is 0 Å². The zero-order valence-electron chi connectivity index (χ0n) is 15.0. The Bertz CT molecular complexity index is 742. The van der Waals surface area contributed by atoms with Gasteiger partial charge in [-0.3, -0.25) is 4.79 Å². The minimum absolute atomic E-state index is 0.108. The van der Waals surface area contributed by atoms with Crippen LogP contribution < -0.4 is 5.32 Å². The zero-order chi connectivity index (χ0) is 17.3. The first-order chi connectivity index (χ1) is 11.4. The summed E-state index contributed by atoms with van der Waals surface area (Å²) in [5, 5.41) is 12.0. The average Bonchev–Trinajstić information content (AvgIpc) is 2.91. The number of carbonyl (C=O) groups is 1. The van der Waals surface area contributed by atoms with E-state index in [1.165, 1.54) is 18.4 Å². The quantitative estimate of drug-likeness (QED) is 0.939. The molecule has 2 aromatic rings. The van der Waals surface area contributed by atoms with Crippen molar-refractivity contribution in [2.24, 2.45) is 5.92 Å². The minimum atomic E-state index is -0.108. The van der Waals surface area contributed by atoms with Gasteiger partial charge in [-0.15, -0.1) is 5.10 Å². The van der Waals surface area contributed by atoms with Crippen molar-refractivity contribution in [3.8, 4) is 5.69 Å². The SMILES string of the molecule is Cc1ccc(-n2nc(C)c(C(=O)NC3CCC(C)CC3)n2)c(C)c1. The van der Waals surface area contributed by atoms with Crippen molar-refractivity contribution in [3.05, 3.63) is 40.7 Å². The van der Waals surface area contributed by atoms with Crippen LogP contribution in [0.25, 0.3) is 5.69 Å². The van der Waals surface area contributed by atoms with E-state index in [-0.39, 0.29) is 11.9 Å². The first-order valence-electron chi connectivity index (χ1n) is 8.76. The van der Waals surface area contributed by atoms with E-state index in [2.05, 4.69) is 35.4 Å². The van der Waals surface area contributed by atoms with Crippen LogP contribution >= 0.6 is 0 Å². The lowest BCUT2D eigenvalue weighted by Crippen LogP contribution is -2.37. The standard InChI is InChI=1S/C19H26N4O/c1-12-5-8-16(9-6-12)20-19(24)18-15(4)21-23(22-18)17-10-7-13(2)11-14(17)3/h7,10-12,16H,5-6,8-9H2,1-4H3,(H,20,24). The molecule has 1 saturated carbocycles. The Balaban J connectivity index is 1.77. The Hall–Kier alpha value is -2.17. The third-order valence-electron chi connectivity index (χ3n) is 4.92. The number of carbonyl (C=O) groups excluding carboxylic acids is 1. The van der Waals surface area contributed by atoms with E-state index in [1.54, 1.807) is 4.80 Å². The van der Waals surface area contributed by atoms with E-state index < -0.39 is 0 Å². The molecule has 1 heterocycles. The lowest BCUT2D eigenvalue weighted by molar-refractivity contribution is 0.0917. The molecule has 3 rings (SSSR count). The molecule has 1 N–H and O–H groups in total. The van der Waals surface area contributed by atoms with Crippen LogP contribution in [0.1, 0.15) is 59.9 Å². The maximum atomic E-state index is 12.6. The molecule has 0 bridgehead atoms. The highest BCUT2D eigenvalue weighted by Crippen LogP contribution is 2.23. The molecule has 0 aliphatic heterocycles. The van der Waals surface area contributed by atoms with Crippen LogP contribution in [0.5, 0.6) is 0 Å². The number of hydrogen-bond acceptors (Lipinski definition) is 3. The maximum absolute atomic E-state index is 12.6. The largest absolute Gasteiger partial charge is 0.348 e. The van der Waals surface area contributed by atoms with Crippen molar-refractivity contribution in [2.75, 3.05) is 0 Å². The van der Waals surface area contributed by atoms with Gasteiger partial charge in [-0.2, -0.15) is 9.90 Å². The summed E-state index contributed by atoms with van der Waals surface area (Å²) in [6.07, 6.45) is 4.46. The monoisotopic (exact) mass is 326 g/mol. The lowest BCUT2D eigenvalue weighted by atomic mass is 9.87. The van der Waals surface area contributed by atoms with Crippen LogP contribution in [0.15, 0.2) is 18.2 Å². The Labute approximate surface area is 143 Å². The summed E-state index contributed by atoms with van der Waals surface area (Å²) >= 11 is 0. The van der Waals surface area contributed by atoms with Gasteiger partial charge in [-0.05, 0) is 64.0 Å². The Morgan fingerprint density at radius 1 is 1.12 bits per heavy atom. The topological polar surface area (TPSA) is 59.8 Å². The smallest absolute Gasteiger partial charge is 0.273 e. The number of rotatable bonds is 3. The van der Waals surface area contributed by atoms with Crippen LogP contribution in [0, 0.1) is 26.7 Å². The molecule has 1 fully saturated rings. The van der Waals surface area contributed by atoms with Crippen molar-refractivity contribution in [3.63, 3.8) is 0 Å². The first kappa shape index (κ1) is 16.7. The number of amides is 1. The number of nitrogens with zero attached hydrogens (tertiary/aromatic N) is 3. The molecule has 128 valence electrons. The van der Waals surface area contributed by atoms with Crippen molar-refractivity contribution < 1.29 is 4.79 Å². The minimum Gasteiger partial charge on any atom is -0.348 e. The summed E-state index contributed by atoms with van der Waals surface area (Å²) in [6.45, 7) is 8.20. The third kappa shape index (κ3) is 3.50. The Morgan fingerprint density at radius 3 is 2.50 bits per heavy atom. The van der Waals surface area contributed by atoms with Gasteiger partial charge < -0.3 is 5.32 Å². The second-order valence-electron chi connectivity index (χ2n) is 7.14. The highest BCUT2D eigenvalue weighted by atomic mass is 16.2. The van der Waals surface area contributed by atoms with Crippen molar-refractivity contribution in [1.29, 1.82) is 0 Å². The Kier molecular flexibility index (Phi) is 4.69. The number of nitrogens with one attached hydrogen (secondary N) is 1. The van der Waals surface area contributed by atoms with Crippen LogP contribution in [0.2, 0.25) is 0 Å². The fraction of sp³-hybridized carbons (Fsp3) is 0.526. The lowest BCUT2D eigenvalue weighted by Gasteiger charge is -2.26. The molecule has 1 amide bonds. The fourth-order valence-electron chi connectivity index (χ4n) is 3.38. The van der Waals surface area contributed by atoms with Gasteiger partial charge in [0.1, 0.15) is 0 Å². The number of benzene rings is 1. The molecule has 1 aromatic carbocycles. The normalized spacial score (nSPS) is 20.8. The molecule has 0 spiro atoms. The van der Waals surface area contributed by atoms with Crippen LogP contribution in [-0.4, -0.2) is 26.9 Å². The molecule has 1 aliphatic rings. The van der Waals surface area contributed by atoms with Gasteiger partial charge >= 0.3 is 0 Å². The second-order valence-corrected chi connectivity index (χ2v) is 7.14. The molecule has 5 nitrogen and oxygen atoms in total. The molecule has 5 heteroatoms. The molecule has 0 unspecified atom stereocenters. The van der Waals surface area contributed by atoms with Gasteiger partial charge in [-0.25, -0.2) is 0 Å². The third-order valence-corrected chi connectivity index (χ3v) is 4.92. The van der Waals surface area contributed by atoms with Gasteiger partial charge in [0, 0.05) is 6.04 Å². The van der Waals surface area contributed by atoms with Crippen molar-refractivity contribution >= 4 is 5.91 Å². The summed E-state index contributed by atoms with van der Waals surface area (Å²) in [5.41, 5.74) is 4.29. The molecule has 24 heavy (non-hydrogen) atoms. The van der Waals surface area contributed by atoms with Gasteiger partial charge in [0.2, 0.25) is 0 Å². The zero-order valence-corrected chi connectivity index (χ0v) is 15.0. The van der Waals surface area contributed by atoms with Crippen LogP contribution in [-0.2, 0) is 0 Å². The van der Waals surface area contributed by atoms with Crippen LogP contribution in [0.4, 0.5) is 0 Å². The van der Waals surface area contributed by atoms with E-state index in [0.29, 0.717) is 11.4 Å². The molecule has 0 saturated heterocycles. The number of hydrogen-bond donors (Lipinski definition) is 1. The molecular weight excluding hydrogens is 300 g/mol. The molecule has 1 aromatic heterocycles. The molecule has 0 atom stereocenters. The number of aryl methyl sites for hydroxylation is 3. The van der Waals surface area contributed by atoms with Gasteiger partial charge in [-0.1, -0.05) is 24.6 Å². The van der Waals surface area contributed by atoms with Crippen molar-refractivity contribution in [2.45, 2.75) is 59.4 Å². The summed E-state index contributed by atoms with van der Waals surface area (Å²) in [6, 6.07) is 6.38. The van der Waals surface area contributed by atoms with Gasteiger partial charge in [0.05, 0.1) is 11.4 Å². The summed E-state index contributed by atoms with van der Waals surface area (Å²) < 4.78 is 0. The highest BCUT2D eigenvalue weighted by molar-refractivity contribution is 5.93. The molecular formula is C19H26N4O. The average molecular weight is 326 g/mol. The highest BCUT2D eigenvalue weighted by Gasteiger charge is 2.23. The predicted molar refractivity (Wildman–Crippen MR) is 94.5 cm³/mol. The summed E-state index contributed by atoms with van der Waals surface area (Å²) in [5.74, 6) is 0.661. The summed E-state index contributed by atoms with van der Waals surface area (Å²) in [7, 11) is 0. The Morgan fingerprint density at radius 2 is 1.83 bits per heavy atom. The second kappa shape index (κ2) is 6.75. The van der Waals surface area contributed by atoms with E-state index in [0.717, 1.165) is 30.0 Å². The summed E-state index contributed by atoms with van der Waals surface area (Å²) in [4.78, 5) is 14.1. The van der Waals surface area contributed by atoms with Crippen LogP contribution in [0.3, 0.4) is 0 Å². The first-order valence-corrected chi connectivity index (χ1v) is 8.76. The predicted octanol–water partition coefficient (Wildman–Crippen LogP) is 3.50. The van der Waals surface area contributed by atoms with E-state index in [4.69, 9.17) is 0 Å². The maximum Gasteiger partial charge on any atom is 0.273 e. The van der Waals surface area contributed by atoms with E-state index in [9.17, 15) is 4.79 Å². The van der Waals surface area contributed by atoms with E-state index in [1.807, 2.05) is 26.0 Å². The van der Waals surface area contributed by atoms with Gasteiger partial charge in [0.15, 0.2) is 5.69 Å². The number of aromatic nitrogens is 3. The molecule has 1 aliphatic carbocycles. The molecule has 0 radical (unpaired) electrons. The fourth-order valence-corrected chi connectivity index (χ4v) is 3.38. The van der Waals surface area contributed by atoms with Gasteiger partial charge in [0.25, 0.3) is 5.91 Å². The van der Waals surface area contributed by atoms with Crippen molar-refractivity contribution in [1.82, 2.24) is 20.3 Å².